The van der Waals surface area contributed by atoms with E-state index in [1.807, 2.05) is 6.92 Å². The van der Waals surface area contributed by atoms with Crippen LogP contribution in [0.4, 0.5) is 8.78 Å². The maximum absolute atomic E-state index is 14.1. The van der Waals surface area contributed by atoms with Crippen LogP contribution in [0.15, 0.2) is 0 Å². The second-order valence-electron chi connectivity index (χ2n) is 6.68. The first-order chi connectivity index (χ1) is 8.63. The Labute approximate surface area is 111 Å². The second-order valence-corrected chi connectivity index (χ2v) is 6.68. The van der Waals surface area contributed by atoms with Gasteiger partial charge in [0.1, 0.15) is 12.3 Å². The van der Waals surface area contributed by atoms with E-state index in [1.54, 1.807) is 0 Å². The molecule has 0 heterocycles. The standard InChI is InChI=1S/C16H28F2/c1-3-4-12-6-8-13(9-7-12)14-10-5-11(2)15(17)16(14)18/h11-16H,3-10H2,1-2H3. The first-order valence-corrected chi connectivity index (χ1v) is 7.91. The van der Waals surface area contributed by atoms with E-state index in [2.05, 4.69) is 6.92 Å². The van der Waals surface area contributed by atoms with E-state index in [0.717, 1.165) is 31.6 Å². The molecule has 0 nitrogen and oxygen atoms in total. The lowest BCUT2D eigenvalue weighted by Crippen LogP contribution is -2.41. The summed E-state index contributed by atoms with van der Waals surface area (Å²) in [6.45, 7) is 4.09. The molecule has 0 bridgehead atoms. The molecule has 18 heavy (non-hydrogen) atoms. The van der Waals surface area contributed by atoms with E-state index in [-0.39, 0.29) is 11.8 Å². The first-order valence-electron chi connectivity index (χ1n) is 7.91. The third-order valence-corrected chi connectivity index (χ3v) is 5.41. The zero-order valence-electron chi connectivity index (χ0n) is 11.9. The van der Waals surface area contributed by atoms with Crippen LogP contribution in [0.25, 0.3) is 0 Å². The highest BCUT2D eigenvalue weighted by molar-refractivity contribution is 4.91. The summed E-state index contributed by atoms with van der Waals surface area (Å²) in [6.07, 6.45) is 6.72. The van der Waals surface area contributed by atoms with E-state index in [1.165, 1.54) is 25.7 Å². The van der Waals surface area contributed by atoms with Gasteiger partial charge in [0.2, 0.25) is 0 Å². The summed E-state index contributed by atoms with van der Waals surface area (Å²) in [5, 5.41) is 0. The molecule has 0 saturated heterocycles. The summed E-state index contributed by atoms with van der Waals surface area (Å²) >= 11 is 0. The maximum atomic E-state index is 14.1. The Morgan fingerprint density at radius 2 is 1.56 bits per heavy atom. The summed E-state index contributed by atoms with van der Waals surface area (Å²) in [4.78, 5) is 0. The third kappa shape index (κ3) is 3.05. The van der Waals surface area contributed by atoms with Crippen molar-refractivity contribution in [2.45, 2.75) is 77.6 Å². The number of halogens is 2. The average Bonchev–Trinajstić information content (AvgIpc) is 2.38. The number of hydrogen-bond donors (Lipinski definition) is 0. The van der Waals surface area contributed by atoms with Crippen molar-refractivity contribution in [2.75, 3.05) is 0 Å². The highest BCUT2D eigenvalue weighted by Gasteiger charge is 2.42. The Morgan fingerprint density at radius 3 is 2.17 bits per heavy atom. The molecule has 2 saturated carbocycles. The summed E-state index contributed by atoms with van der Waals surface area (Å²) < 4.78 is 27.9. The first kappa shape index (κ1) is 14.3. The van der Waals surface area contributed by atoms with Gasteiger partial charge < -0.3 is 0 Å². The van der Waals surface area contributed by atoms with Crippen LogP contribution < -0.4 is 0 Å². The molecule has 4 atom stereocenters. The minimum absolute atomic E-state index is 0.0128. The van der Waals surface area contributed by atoms with E-state index in [0.29, 0.717) is 5.92 Å². The van der Waals surface area contributed by atoms with Gasteiger partial charge in [-0.2, -0.15) is 0 Å². The van der Waals surface area contributed by atoms with Crippen LogP contribution in [-0.2, 0) is 0 Å². The predicted octanol–water partition coefficient (Wildman–Crippen LogP) is 5.32. The van der Waals surface area contributed by atoms with Gasteiger partial charge in [-0.25, -0.2) is 8.78 Å². The molecule has 0 aromatic rings. The van der Waals surface area contributed by atoms with Crippen molar-refractivity contribution in [3.8, 4) is 0 Å². The van der Waals surface area contributed by atoms with Crippen LogP contribution >= 0.6 is 0 Å². The van der Waals surface area contributed by atoms with E-state index < -0.39 is 12.3 Å². The predicted molar refractivity (Wildman–Crippen MR) is 72.0 cm³/mol. The van der Waals surface area contributed by atoms with Gasteiger partial charge in [0.25, 0.3) is 0 Å². The fourth-order valence-corrected chi connectivity index (χ4v) is 4.13. The molecule has 2 fully saturated rings. The van der Waals surface area contributed by atoms with E-state index in [9.17, 15) is 8.78 Å². The molecular weight excluding hydrogens is 230 g/mol. The zero-order valence-corrected chi connectivity index (χ0v) is 11.9. The van der Waals surface area contributed by atoms with Crippen molar-refractivity contribution in [3.05, 3.63) is 0 Å². The molecule has 0 amide bonds. The Balaban J connectivity index is 1.85. The highest BCUT2D eigenvalue weighted by Crippen LogP contribution is 2.44. The number of rotatable bonds is 3. The van der Waals surface area contributed by atoms with Gasteiger partial charge in [-0.3, -0.25) is 0 Å². The van der Waals surface area contributed by atoms with Gasteiger partial charge >= 0.3 is 0 Å². The van der Waals surface area contributed by atoms with Crippen LogP contribution in [0, 0.1) is 23.7 Å². The molecule has 0 spiro atoms. The summed E-state index contributed by atoms with van der Waals surface area (Å²) in [7, 11) is 0. The van der Waals surface area contributed by atoms with Crippen molar-refractivity contribution in [2.24, 2.45) is 23.7 Å². The SMILES string of the molecule is CCCC1CCC(C2CCC(C)C(F)C2F)CC1. The molecule has 2 rings (SSSR count). The Morgan fingerprint density at radius 1 is 0.889 bits per heavy atom. The number of hydrogen-bond acceptors (Lipinski definition) is 0. The Bertz CT molecular complexity index is 245. The number of alkyl halides is 2. The molecule has 4 unspecified atom stereocenters. The minimum atomic E-state index is -1.21. The summed E-state index contributed by atoms with van der Waals surface area (Å²) in [5.74, 6) is 1.25. The monoisotopic (exact) mass is 258 g/mol. The lowest BCUT2D eigenvalue weighted by atomic mass is 9.67. The van der Waals surface area contributed by atoms with Crippen molar-refractivity contribution in [1.82, 2.24) is 0 Å². The van der Waals surface area contributed by atoms with Crippen molar-refractivity contribution < 1.29 is 8.78 Å². The molecule has 0 aliphatic heterocycles. The molecule has 106 valence electrons. The molecule has 0 aromatic heterocycles. The summed E-state index contributed by atoms with van der Waals surface area (Å²) in [6, 6.07) is 0. The molecule has 0 aromatic carbocycles. The van der Waals surface area contributed by atoms with E-state index >= 15 is 0 Å². The van der Waals surface area contributed by atoms with Gasteiger partial charge in [-0.15, -0.1) is 0 Å². The second kappa shape index (κ2) is 6.34. The van der Waals surface area contributed by atoms with Crippen LogP contribution in [-0.4, -0.2) is 12.3 Å². The molecule has 0 N–H and O–H groups in total. The average molecular weight is 258 g/mol. The highest BCUT2D eigenvalue weighted by atomic mass is 19.2. The molecular formula is C16H28F2. The van der Waals surface area contributed by atoms with Crippen LogP contribution in [0.3, 0.4) is 0 Å². The van der Waals surface area contributed by atoms with Crippen LogP contribution in [0.1, 0.15) is 65.2 Å². The zero-order chi connectivity index (χ0) is 13.1. The summed E-state index contributed by atoms with van der Waals surface area (Å²) in [5.41, 5.74) is 0. The van der Waals surface area contributed by atoms with Gasteiger partial charge in [0, 0.05) is 0 Å². The van der Waals surface area contributed by atoms with Gasteiger partial charge in [-0.1, -0.05) is 39.5 Å². The van der Waals surface area contributed by atoms with Gasteiger partial charge in [-0.05, 0) is 49.4 Å². The van der Waals surface area contributed by atoms with Gasteiger partial charge in [0.15, 0.2) is 0 Å². The van der Waals surface area contributed by atoms with Crippen molar-refractivity contribution >= 4 is 0 Å². The van der Waals surface area contributed by atoms with Crippen LogP contribution in [0.5, 0.6) is 0 Å². The topological polar surface area (TPSA) is 0 Å². The Hall–Kier alpha value is -0.140. The van der Waals surface area contributed by atoms with Crippen molar-refractivity contribution in [3.63, 3.8) is 0 Å². The fraction of sp³-hybridized carbons (Fsp3) is 1.00. The van der Waals surface area contributed by atoms with E-state index in [4.69, 9.17) is 0 Å². The molecule has 2 heteroatoms. The van der Waals surface area contributed by atoms with Crippen molar-refractivity contribution in [1.29, 1.82) is 0 Å². The molecule has 2 aliphatic carbocycles. The fourth-order valence-electron chi connectivity index (χ4n) is 4.13. The lowest BCUT2D eigenvalue weighted by Gasteiger charge is -2.40. The van der Waals surface area contributed by atoms with Gasteiger partial charge in [0.05, 0.1) is 0 Å². The van der Waals surface area contributed by atoms with Crippen LogP contribution in [0.2, 0.25) is 0 Å². The third-order valence-electron chi connectivity index (χ3n) is 5.41. The minimum Gasteiger partial charge on any atom is -0.244 e. The Kier molecular flexibility index (Phi) is 5.03. The normalized spacial score (nSPS) is 46.0. The largest absolute Gasteiger partial charge is 0.244 e. The smallest absolute Gasteiger partial charge is 0.134 e. The maximum Gasteiger partial charge on any atom is 0.134 e. The lowest BCUT2D eigenvalue weighted by molar-refractivity contribution is -0.00664. The molecule has 2 aliphatic rings. The quantitative estimate of drug-likeness (QED) is 0.643. The molecule has 0 radical (unpaired) electrons.